The molecule has 0 atom stereocenters. The quantitative estimate of drug-likeness (QED) is 0.476. The highest BCUT2D eigenvalue weighted by molar-refractivity contribution is 7.10. The summed E-state index contributed by atoms with van der Waals surface area (Å²) < 4.78 is 10.1. The van der Waals surface area contributed by atoms with Gasteiger partial charge in [-0.15, -0.1) is 11.3 Å². The normalized spacial score (nSPS) is 11.8. The van der Waals surface area contributed by atoms with Gasteiger partial charge in [-0.3, -0.25) is 0 Å². The fourth-order valence-corrected chi connectivity index (χ4v) is 2.21. The van der Waals surface area contributed by atoms with Crippen LogP contribution in [0.2, 0.25) is 0 Å². The van der Waals surface area contributed by atoms with Crippen LogP contribution in [0.5, 0.6) is 0 Å². The van der Waals surface area contributed by atoms with Gasteiger partial charge in [-0.05, 0) is 18.4 Å². The zero-order valence-corrected chi connectivity index (χ0v) is 11.0. The maximum atomic E-state index is 9.29. The molecule has 0 aliphatic carbocycles. The van der Waals surface area contributed by atoms with Crippen LogP contribution in [0.25, 0.3) is 11.3 Å². The Morgan fingerprint density at radius 1 is 1.56 bits per heavy atom. The maximum absolute atomic E-state index is 9.29. The van der Waals surface area contributed by atoms with Crippen LogP contribution in [-0.4, -0.2) is 18.2 Å². The van der Waals surface area contributed by atoms with Gasteiger partial charge < -0.3 is 9.18 Å². The van der Waals surface area contributed by atoms with E-state index in [9.17, 15) is 5.26 Å². The number of rotatable bonds is 3. The van der Waals surface area contributed by atoms with E-state index in [-0.39, 0.29) is 5.82 Å². The Morgan fingerprint density at radius 3 is 2.78 bits per heavy atom. The van der Waals surface area contributed by atoms with Crippen LogP contribution in [0.1, 0.15) is 22.2 Å². The number of hydrogen-bond donors (Lipinski definition) is 0. The van der Waals surface area contributed by atoms with E-state index in [1.165, 1.54) is 8.05 Å². The predicted octanol–water partition coefficient (Wildman–Crippen LogP) is 1.70. The molecule has 0 saturated heterocycles. The molecule has 0 aliphatic rings. The molecule has 0 aromatic carbocycles. The van der Waals surface area contributed by atoms with Gasteiger partial charge in [0, 0.05) is 17.4 Å². The van der Waals surface area contributed by atoms with Crippen LogP contribution < -0.4 is 0 Å². The fourth-order valence-electron chi connectivity index (χ4n) is 1.52. The second-order valence-corrected chi connectivity index (χ2v) is 4.72. The van der Waals surface area contributed by atoms with E-state index in [1.54, 1.807) is 18.3 Å². The smallest absolute Gasteiger partial charge is 0.322 e. The first-order valence-corrected chi connectivity index (χ1v) is 6.08. The molecule has 5 nitrogen and oxygen atoms in total. The number of nitriles is 1. The standard InChI is InChI=1S/C11H10BN3O2S/c1-6-3-8(5-18-6)9(4-13)10(16-12)11-14-7(2)17-15-11/h3,5H,12H2,1-2H3. The minimum atomic E-state index is 0.287. The van der Waals surface area contributed by atoms with Crippen molar-refractivity contribution in [3.05, 3.63) is 33.6 Å². The van der Waals surface area contributed by atoms with Gasteiger partial charge in [0.2, 0.25) is 11.7 Å². The van der Waals surface area contributed by atoms with Crippen molar-refractivity contribution < 1.29 is 9.18 Å². The predicted molar refractivity (Wildman–Crippen MR) is 70.1 cm³/mol. The molecule has 0 bridgehead atoms. The Balaban J connectivity index is 2.56. The molecule has 2 aromatic heterocycles. The first-order chi connectivity index (χ1) is 8.65. The van der Waals surface area contributed by atoms with Crippen molar-refractivity contribution >= 4 is 30.7 Å². The number of aromatic nitrogens is 2. The number of aryl methyl sites for hydroxylation is 2. The van der Waals surface area contributed by atoms with Crippen LogP contribution in [-0.2, 0) is 4.65 Å². The van der Waals surface area contributed by atoms with E-state index in [1.807, 2.05) is 18.4 Å². The van der Waals surface area contributed by atoms with Gasteiger partial charge in [-0.2, -0.15) is 10.2 Å². The molecule has 0 amide bonds. The summed E-state index contributed by atoms with van der Waals surface area (Å²) in [4.78, 5) is 5.20. The van der Waals surface area contributed by atoms with Crippen LogP contribution in [0, 0.1) is 25.2 Å². The molecule has 0 saturated carbocycles. The molecule has 7 heteroatoms. The van der Waals surface area contributed by atoms with Crippen molar-refractivity contribution in [1.82, 2.24) is 10.1 Å². The number of allylic oxidation sites excluding steroid dienone is 1. The number of nitrogens with zero attached hydrogens (tertiary/aromatic N) is 3. The van der Waals surface area contributed by atoms with Crippen molar-refractivity contribution in [2.45, 2.75) is 13.8 Å². The molecular formula is C11H10BN3O2S. The third-order valence-electron chi connectivity index (χ3n) is 2.29. The molecule has 0 unspecified atom stereocenters. The SMILES string of the molecule is BOC(=C(C#N)c1csc(C)c1)c1noc(C)n1. The molecule has 0 radical (unpaired) electrons. The van der Waals surface area contributed by atoms with Crippen molar-refractivity contribution in [2.24, 2.45) is 0 Å². The third-order valence-corrected chi connectivity index (χ3v) is 3.15. The van der Waals surface area contributed by atoms with Crippen molar-refractivity contribution in [3.8, 4) is 6.07 Å². The zero-order chi connectivity index (χ0) is 13.1. The highest BCUT2D eigenvalue weighted by Crippen LogP contribution is 2.27. The Bertz CT molecular complexity index is 639. The second kappa shape index (κ2) is 5.06. The molecular weight excluding hydrogens is 249 g/mol. The van der Waals surface area contributed by atoms with E-state index in [0.29, 0.717) is 17.2 Å². The van der Waals surface area contributed by atoms with Crippen molar-refractivity contribution in [1.29, 1.82) is 5.26 Å². The maximum Gasteiger partial charge on any atom is 0.322 e. The summed E-state index contributed by atoms with van der Waals surface area (Å²) in [5.74, 6) is 1.04. The number of hydrogen-bond acceptors (Lipinski definition) is 6. The Kier molecular flexibility index (Phi) is 3.49. The molecule has 90 valence electrons. The summed E-state index contributed by atoms with van der Waals surface area (Å²) in [5, 5.41) is 15.0. The first kappa shape index (κ1) is 12.4. The van der Waals surface area contributed by atoms with E-state index in [0.717, 1.165) is 10.4 Å². The van der Waals surface area contributed by atoms with E-state index >= 15 is 0 Å². The van der Waals surface area contributed by atoms with Crippen molar-refractivity contribution in [2.75, 3.05) is 0 Å². The molecule has 2 aromatic rings. The van der Waals surface area contributed by atoms with E-state index in [4.69, 9.17) is 9.18 Å². The third kappa shape index (κ3) is 2.29. The highest BCUT2D eigenvalue weighted by Gasteiger charge is 2.17. The van der Waals surface area contributed by atoms with Crippen LogP contribution in [0.15, 0.2) is 16.0 Å². The van der Waals surface area contributed by atoms with E-state index in [2.05, 4.69) is 16.2 Å². The lowest BCUT2D eigenvalue weighted by molar-refractivity contribution is 0.388. The zero-order valence-electron chi connectivity index (χ0n) is 10.2. The second-order valence-electron chi connectivity index (χ2n) is 3.60. The van der Waals surface area contributed by atoms with Crippen molar-refractivity contribution in [3.63, 3.8) is 0 Å². The van der Waals surface area contributed by atoms with Crippen LogP contribution >= 0.6 is 11.3 Å². The van der Waals surface area contributed by atoms with Crippen LogP contribution in [0.3, 0.4) is 0 Å². The summed E-state index contributed by atoms with van der Waals surface area (Å²) in [6.45, 7) is 3.67. The lowest BCUT2D eigenvalue weighted by atomic mass is 10.1. The molecule has 0 fully saturated rings. The highest BCUT2D eigenvalue weighted by atomic mass is 32.1. The first-order valence-electron chi connectivity index (χ1n) is 5.20. The lowest BCUT2D eigenvalue weighted by Crippen LogP contribution is -1.96. The summed E-state index contributed by atoms with van der Waals surface area (Å²) in [6, 6.07) is 4.06. The van der Waals surface area contributed by atoms with Crippen LogP contribution in [0.4, 0.5) is 0 Å². The summed E-state index contributed by atoms with van der Waals surface area (Å²) >= 11 is 1.57. The molecule has 2 rings (SSSR count). The Hall–Kier alpha value is -2.07. The Morgan fingerprint density at radius 2 is 2.33 bits per heavy atom. The number of thiophene rings is 1. The van der Waals surface area contributed by atoms with Gasteiger partial charge in [0.1, 0.15) is 11.6 Å². The summed E-state index contributed by atoms with van der Waals surface area (Å²) in [6.07, 6.45) is 0. The lowest BCUT2D eigenvalue weighted by Gasteiger charge is -2.04. The minimum absolute atomic E-state index is 0.287. The van der Waals surface area contributed by atoms with Gasteiger partial charge in [-0.25, -0.2) is 0 Å². The molecule has 0 N–H and O–H groups in total. The Labute approximate surface area is 109 Å². The fraction of sp³-hybridized carbons (Fsp3) is 0.182. The molecule has 0 aliphatic heterocycles. The topological polar surface area (TPSA) is 71.9 Å². The summed E-state index contributed by atoms with van der Waals surface area (Å²) in [5.41, 5.74) is 1.21. The molecule has 0 spiro atoms. The van der Waals surface area contributed by atoms with Gasteiger partial charge in [0.15, 0.2) is 5.76 Å². The van der Waals surface area contributed by atoms with Gasteiger partial charge in [-0.1, -0.05) is 5.16 Å². The van der Waals surface area contributed by atoms with Gasteiger partial charge in [0.25, 0.3) is 0 Å². The average Bonchev–Trinajstić information content (AvgIpc) is 2.95. The molecule has 18 heavy (non-hydrogen) atoms. The summed E-state index contributed by atoms with van der Waals surface area (Å²) in [7, 11) is 1.48. The average molecular weight is 259 g/mol. The molecule has 2 heterocycles. The minimum Gasteiger partial charge on any atom is -0.564 e. The largest absolute Gasteiger partial charge is 0.564 e. The van der Waals surface area contributed by atoms with Gasteiger partial charge >= 0.3 is 8.05 Å². The monoisotopic (exact) mass is 259 g/mol. The van der Waals surface area contributed by atoms with E-state index < -0.39 is 0 Å². The van der Waals surface area contributed by atoms with Gasteiger partial charge in [0.05, 0.1) is 0 Å².